The minimum atomic E-state index is -0.743. The molecule has 0 fully saturated rings. The van der Waals surface area contributed by atoms with E-state index in [-0.39, 0.29) is 11.3 Å². The molecule has 1 atom stereocenters. The highest BCUT2D eigenvalue weighted by molar-refractivity contribution is 14.1. The van der Waals surface area contributed by atoms with Gasteiger partial charge in [0.1, 0.15) is 6.04 Å². The van der Waals surface area contributed by atoms with E-state index in [1.807, 2.05) is 36.4 Å². The molecule has 0 aromatic heterocycles. The number of nitrogens with two attached hydrogens (primary N) is 1. The summed E-state index contributed by atoms with van der Waals surface area (Å²) in [6, 6.07) is 14.5. The number of hydrogen-bond acceptors (Lipinski definition) is 2. The van der Waals surface area contributed by atoms with Crippen LogP contribution in [0.2, 0.25) is 0 Å². The minimum absolute atomic E-state index is 0.0230. The van der Waals surface area contributed by atoms with E-state index in [0.717, 1.165) is 14.7 Å². The lowest BCUT2D eigenvalue weighted by Gasteiger charge is -2.19. The van der Waals surface area contributed by atoms with Crippen molar-refractivity contribution in [1.29, 1.82) is 0 Å². The van der Waals surface area contributed by atoms with Crippen LogP contribution in [0.3, 0.4) is 0 Å². The summed E-state index contributed by atoms with van der Waals surface area (Å²) in [5.74, 6) is -0.839. The van der Waals surface area contributed by atoms with Crippen molar-refractivity contribution >= 4 is 34.4 Å². The summed E-state index contributed by atoms with van der Waals surface area (Å²) < 4.78 is 1.07. The van der Waals surface area contributed by atoms with Crippen molar-refractivity contribution in [2.75, 3.05) is 0 Å². The van der Waals surface area contributed by atoms with E-state index in [4.69, 9.17) is 5.73 Å². The number of amides is 2. The summed E-state index contributed by atoms with van der Waals surface area (Å²) in [6.45, 7) is 6.35. The van der Waals surface area contributed by atoms with Gasteiger partial charge in [0.05, 0.1) is 0 Å². The molecule has 0 aliphatic heterocycles. The van der Waals surface area contributed by atoms with Crippen LogP contribution in [0.5, 0.6) is 0 Å². The highest BCUT2D eigenvalue weighted by Gasteiger charge is 2.20. The lowest BCUT2D eigenvalue weighted by atomic mass is 9.86. The average molecular weight is 450 g/mol. The van der Waals surface area contributed by atoms with Crippen LogP contribution < -0.4 is 11.1 Å². The maximum atomic E-state index is 12.5. The number of nitrogens with one attached hydrogen (secondary N) is 1. The van der Waals surface area contributed by atoms with Crippen LogP contribution in [0, 0.1) is 3.57 Å². The van der Waals surface area contributed by atoms with Crippen LogP contribution in [0.15, 0.2) is 48.5 Å². The zero-order chi connectivity index (χ0) is 18.6. The Labute approximate surface area is 162 Å². The first kappa shape index (κ1) is 19.4. The van der Waals surface area contributed by atoms with Gasteiger partial charge in [-0.05, 0) is 63.4 Å². The van der Waals surface area contributed by atoms with E-state index in [1.165, 1.54) is 0 Å². The number of primary amides is 1. The summed E-state index contributed by atoms with van der Waals surface area (Å²) in [7, 11) is 0. The molecule has 0 radical (unpaired) electrons. The van der Waals surface area contributed by atoms with Gasteiger partial charge in [0.2, 0.25) is 5.91 Å². The molecular weight excluding hydrogens is 427 g/mol. The molecule has 25 heavy (non-hydrogen) atoms. The zero-order valence-electron chi connectivity index (χ0n) is 14.7. The molecular formula is C20H23IN2O2. The number of carbonyl (C=O) groups is 2. The molecule has 0 unspecified atom stereocenters. The number of rotatable bonds is 5. The van der Waals surface area contributed by atoms with Crippen LogP contribution in [0.1, 0.15) is 42.3 Å². The van der Waals surface area contributed by atoms with E-state index >= 15 is 0 Å². The summed E-state index contributed by atoms with van der Waals surface area (Å²) >= 11 is 2.21. The Morgan fingerprint density at radius 2 is 1.76 bits per heavy atom. The lowest BCUT2D eigenvalue weighted by Crippen LogP contribution is -2.45. The first-order valence-electron chi connectivity index (χ1n) is 8.12. The molecule has 5 heteroatoms. The Kier molecular flexibility index (Phi) is 6.21. The van der Waals surface area contributed by atoms with Crippen molar-refractivity contribution in [3.8, 4) is 0 Å². The van der Waals surface area contributed by atoms with E-state index in [0.29, 0.717) is 12.0 Å². The number of benzene rings is 2. The second-order valence-corrected chi connectivity index (χ2v) is 8.34. The van der Waals surface area contributed by atoms with E-state index < -0.39 is 11.9 Å². The molecule has 3 N–H and O–H groups in total. The normalized spacial score (nSPS) is 12.5. The monoisotopic (exact) mass is 450 g/mol. The third kappa shape index (κ3) is 5.56. The fourth-order valence-electron chi connectivity index (χ4n) is 2.49. The number of carbonyl (C=O) groups excluding carboxylic acids is 2. The van der Waals surface area contributed by atoms with Crippen molar-refractivity contribution in [2.24, 2.45) is 5.73 Å². The van der Waals surface area contributed by atoms with Gasteiger partial charge in [0.25, 0.3) is 5.91 Å². The predicted octanol–water partition coefficient (Wildman–Crippen LogP) is 3.42. The Hall–Kier alpha value is -1.89. The van der Waals surface area contributed by atoms with Crippen molar-refractivity contribution < 1.29 is 9.59 Å². The highest BCUT2D eigenvalue weighted by Crippen LogP contribution is 2.22. The second kappa shape index (κ2) is 7.99. The topological polar surface area (TPSA) is 72.2 Å². The van der Waals surface area contributed by atoms with Crippen LogP contribution in [-0.2, 0) is 16.6 Å². The first-order valence-corrected chi connectivity index (χ1v) is 9.20. The molecule has 0 aliphatic carbocycles. The third-order valence-electron chi connectivity index (χ3n) is 3.99. The van der Waals surface area contributed by atoms with Crippen LogP contribution in [0.25, 0.3) is 0 Å². The molecule has 4 nitrogen and oxygen atoms in total. The molecule has 132 valence electrons. The molecule has 2 aromatic rings. The fourth-order valence-corrected chi connectivity index (χ4v) is 3.09. The van der Waals surface area contributed by atoms with Gasteiger partial charge in [0, 0.05) is 15.6 Å². The molecule has 0 saturated carbocycles. The van der Waals surface area contributed by atoms with Gasteiger partial charge in [-0.25, -0.2) is 0 Å². The van der Waals surface area contributed by atoms with Crippen molar-refractivity contribution in [2.45, 2.75) is 38.6 Å². The van der Waals surface area contributed by atoms with Crippen LogP contribution >= 0.6 is 22.6 Å². The third-order valence-corrected chi connectivity index (χ3v) is 4.66. The molecule has 2 rings (SSSR count). The van der Waals surface area contributed by atoms with Gasteiger partial charge >= 0.3 is 0 Å². The lowest BCUT2D eigenvalue weighted by molar-refractivity contribution is -0.119. The Morgan fingerprint density at radius 1 is 1.12 bits per heavy atom. The molecule has 0 aliphatic rings. The number of halogens is 1. The standard InChI is InChI=1S/C20H23IN2O2/c1-20(2,3)15-9-7-14(8-10-15)19(25)23-17(18(22)24)12-13-5-4-6-16(21)11-13/h4-11,17H,12H2,1-3H3,(H2,22,24)(H,23,25)/t17-/m0/s1. The highest BCUT2D eigenvalue weighted by atomic mass is 127. The van der Waals surface area contributed by atoms with E-state index in [1.54, 1.807) is 12.1 Å². The minimum Gasteiger partial charge on any atom is -0.368 e. The van der Waals surface area contributed by atoms with Gasteiger partial charge in [-0.3, -0.25) is 9.59 Å². The van der Waals surface area contributed by atoms with Gasteiger partial charge in [-0.2, -0.15) is 0 Å². The largest absolute Gasteiger partial charge is 0.368 e. The SMILES string of the molecule is CC(C)(C)c1ccc(C(=O)N[C@@H](Cc2cccc(I)c2)C(N)=O)cc1. The summed E-state index contributed by atoms with van der Waals surface area (Å²) in [4.78, 5) is 24.2. The molecule has 0 spiro atoms. The number of hydrogen-bond donors (Lipinski definition) is 2. The van der Waals surface area contributed by atoms with E-state index in [2.05, 4.69) is 48.7 Å². The van der Waals surface area contributed by atoms with Gasteiger partial charge in [0.15, 0.2) is 0 Å². The Bertz CT molecular complexity index is 764. The molecule has 0 heterocycles. The quantitative estimate of drug-likeness (QED) is 0.686. The summed E-state index contributed by atoms with van der Waals surface area (Å²) in [6.07, 6.45) is 0.373. The van der Waals surface area contributed by atoms with Crippen molar-refractivity contribution in [1.82, 2.24) is 5.32 Å². The molecule has 2 aromatic carbocycles. The van der Waals surface area contributed by atoms with Gasteiger partial charge < -0.3 is 11.1 Å². The predicted molar refractivity (Wildman–Crippen MR) is 108 cm³/mol. The fraction of sp³-hybridized carbons (Fsp3) is 0.300. The Morgan fingerprint density at radius 3 is 2.28 bits per heavy atom. The summed E-state index contributed by atoms with van der Waals surface area (Å²) in [5, 5.41) is 2.74. The van der Waals surface area contributed by atoms with Crippen molar-refractivity contribution in [3.05, 3.63) is 68.8 Å². The molecule has 2 amide bonds. The van der Waals surface area contributed by atoms with Crippen LogP contribution in [0.4, 0.5) is 0 Å². The maximum absolute atomic E-state index is 12.5. The van der Waals surface area contributed by atoms with E-state index in [9.17, 15) is 9.59 Å². The summed E-state index contributed by atoms with van der Waals surface area (Å²) in [5.41, 5.74) is 8.12. The van der Waals surface area contributed by atoms with Crippen molar-refractivity contribution in [3.63, 3.8) is 0 Å². The second-order valence-electron chi connectivity index (χ2n) is 7.09. The zero-order valence-corrected chi connectivity index (χ0v) is 16.8. The maximum Gasteiger partial charge on any atom is 0.251 e. The Balaban J connectivity index is 2.11. The molecule has 0 saturated heterocycles. The molecule has 0 bridgehead atoms. The average Bonchev–Trinajstić information content (AvgIpc) is 2.53. The van der Waals surface area contributed by atoms with Gasteiger partial charge in [-0.15, -0.1) is 0 Å². The smallest absolute Gasteiger partial charge is 0.251 e. The van der Waals surface area contributed by atoms with Gasteiger partial charge in [-0.1, -0.05) is 45.0 Å². The van der Waals surface area contributed by atoms with Crippen LogP contribution in [-0.4, -0.2) is 17.9 Å². The first-order chi connectivity index (χ1) is 11.7.